The Morgan fingerprint density at radius 3 is 3.00 bits per heavy atom. The Morgan fingerprint density at radius 2 is 2.46 bits per heavy atom. The fourth-order valence-corrected chi connectivity index (χ4v) is 1.70. The van der Waals surface area contributed by atoms with E-state index in [0.29, 0.717) is 4.88 Å². The van der Waals surface area contributed by atoms with E-state index in [-0.39, 0.29) is 12.0 Å². The first-order valence-electron chi connectivity index (χ1n) is 3.90. The molecule has 0 aromatic carbocycles. The van der Waals surface area contributed by atoms with Crippen LogP contribution in [0.15, 0.2) is 6.20 Å². The van der Waals surface area contributed by atoms with Gasteiger partial charge in [0.2, 0.25) is 0 Å². The van der Waals surface area contributed by atoms with E-state index in [2.05, 4.69) is 15.0 Å². The number of hydrogen-bond acceptors (Lipinski definition) is 5. The molecule has 1 unspecified atom stereocenters. The van der Waals surface area contributed by atoms with E-state index in [0.717, 1.165) is 5.01 Å². The average molecular weight is 200 g/mol. The van der Waals surface area contributed by atoms with Crippen LogP contribution in [0.4, 0.5) is 0 Å². The number of nitrogens with zero attached hydrogens (tertiary/aromatic N) is 1. The molecule has 0 spiro atoms. The number of rotatable bonds is 3. The first kappa shape index (κ1) is 10.1. The predicted molar refractivity (Wildman–Crippen MR) is 50.9 cm³/mol. The van der Waals surface area contributed by atoms with Crippen LogP contribution in [0.2, 0.25) is 0 Å². The number of carbonyl (C=O) groups is 1. The quantitative estimate of drug-likeness (QED) is 0.745. The van der Waals surface area contributed by atoms with Crippen LogP contribution in [-0.4, -0.2) is 25.1 Å². The van der Waals surface area contributed by atoms with Crippen LogP contribution in [0.25, 0.3) is 0 Å². The second kappa shape index (κ2) is 4.34. The fourth-order valence-electron chi connectivity index (χ4n) is 0.806. The smallest absolute Gasteiger partial charge is 0.349 e. The average Bonchev–Trinajstić information content (AvgIpc) is 2.64. The summed E-state index contributed by atoms with van der Waals surface area (Å²) in [6.45, 7) is 1.99. The lowest BCUT2D eigenvalue weighted by molar-refractivity contribution is 0.0606. The predicted octanol–water partition coefficient (Wildman–Crippen LogP) is 1.21. The number of methoxy groups -OCH3 is 1. The molecule has 72 valence electrons. The summed E-state index contributed by atoms with van der Waals surface area (Å²) in [6, 6.07) is 0.170. The molecule has 0 amide bonds. The highest BCUT2D eigenvalue weighted by Crippen LogP contribution is 2.19. The zero-order valence-corrected chi connectivity index (χ0v) is 8.64. The molecule has 0 fully saturated rings. The first-order chi connectivity index (χ1) is 6.19. The molecule has 0 aliphatic rings. The molecule has 4 nitrogen and oxygen atoms in total. The molecule has 0 radical (unpaired) electrons. The van der Waals surface area contributed by atoms with Crippen molar-refractivity contribution in [3.05, 3.63) is 16.1 Å². The minimum atomic E-state index is -0.327. The minimum Gasteiger partial charge on any atom is -0.465 e. The van der Waals surface area contributed by atoms with Crippen LogP contribution in [0.3, 0.4) is 0 Å². The lowest BCUT2D eigenvalue weighted by atomic mass is 10.4. The van der Waals surface area contributed by atoms with Crippen molar-refractivity contribution in [3.63, 3.8) is 0 Å². The van der Waals surface area contributed by atoms with Crippen molar-refractivity contribution in [2.24, 2.45) is 0 Å². The van der Waals surface area contributed by atoms with Crippen molar-refractivity contribution in [2.45, 2.75) is 13.0 Å². The van der Waals surface area contributed by atoms with E-state index in [4.69, 9.17) is 0 Å². The molecule has 1 atom stereocenters. The summed E-state index contributed by atoms with van der Waals surface area (Å²) in [5.41, 5.74) is 0. The Hall–Kier alpha value is -0.940. The molecule has 1 N–H and O–H groups in total. The lowest BCUT2D eigenvalue weighted by Gasteiger charge is -2.03. The van der Waals surface area contributed by atoms with Crippen molar-refractivity contribution in [3.8, 4) is 0 Å². The number of ether oxygens (including phenoxy) is 1. The van der Waals surface area contributed by atoms with Gasteiger partial charge in [0, 0.05) is 0 Å². The Bertz CT molecular complexity index is 298. The van der Waals surface area contributed by atoms with Gasteiger partial charge in [0.15, 0.2) is 0 Å². The van der Waals surface area contributed by atoms with E-state index >= 15 is 0 Å². The molecular weight excluding hydrogens is 188 g/mol. The summed E-state index contributed by atoms with van der Waals surface area (Å²) in [4.78, 5) is 15.7. The minimum absolute atomic E-state index is 0.170. The molecular formula is C8H12N2O2S. The van der Waals surface area contributed by atoms with Gasteiger partial charge in [-0.05, 0) is 14.0 Å². The van der Waals surface area contributed by atoms with Gasteiger partial charge in [-0.2, -0.15) is 0 Å². The molecule has 1 rings (SSSR count). The molecule has 0 saturated carbocycles. The number of carbonyl (C=O) groups excluding carboxylic acids is 1. The topological polar surface area (TPSA) is 51.2 Å². The Labute approximate surface area is 80.9 Å². The number of hydrogen-bond donors (Lipinski definition) is 1. The summed E-state index contributed by atoms with van der Waals surface area (Å²) in [5.74, 6) is -0.327. The van der Waals surface area contributed by atoms with Crippen molar-refractivity contribution in [1.29, 1.82) is 0 Å². The first-order valence-corrected chi connectivity index (χ1v) is 4.72. The van der Waals surface area contributed by atoms with Crippen molar-refractivity contribution in [2.75, 3.05) is 14.2 Å². The molecule has 1 aromatic rings. The van der Waals surface area contributed by atoms with E-state index in [9.17, 15) is 4.79 Å². The standard InChI is InChI=1S/C8H12N2O2S/c1-5(9-2)7-10-4-6(13-7)8(11)12-3/h4-5,9H,1-3H3. The molecule has 0 saturated heterocycles. The van der Waals surface area contributed by atoms with Crippen LogP contribution in [0, 0.1) is 0 Å². The molecule has 0 aliphatic heterocycles. The molecule has 0 aliphatic carbocycles. The number of esters is 1. The van der Waals surface area contributed by atoms with Gasteiger partial charge in [0.25, 0.3) is 0 Å². The zero-order valence-electron chi connectivity index (χ0n) is 7.83. The molecule has 1 heterocycles. The van der Waals surface area contributed by atoms with Crippen molar-refractivity contribution >= 4 is 17.3 Å². The summed E-state index contributed by atoms with van der Waals surface area (Å²) in [7, 11) is 3.22. The van der Waals surface area contributed by atoms with Gasteiger partial charge in [0.05, 0.1) is 19.3 Å². The Kier molecular flexibility index (Phi) is 3.39. The lowest BCUT2D eigenvalue weighted by Crippen LogP contribution is -2.11. The highest BCUT2D eigenvalue weighted by Gasteiger charge is 2.13. The van der Waals surface area contributed by atoms with Crippen LogP contribution < -0.4 is 5.32 Å². The van der Waals surface area contributed by atoms with Crippen LogP contribution in [0.1, 0.15) is 27.6 Å². The molecule has 0 bridgehead atoms. The summed E-state index contributed by atoms with van der Waals surface area (Å²) in [6.07, 6.45) is 1.54. The SMILES string of the molecule is CNC(C)c1ncc(C(=O)OC)s1. The van der Waals surface area contributed by atoms with Gasteiger partial charge in [-0.15, -0.1) is 11.3 Å². The van der Waals surface area contributed by atoms with Gasteiger partial charge < -0.3 is 10.1 Å². The summed E-state index contributed by atoms with van der Waals surface area (Å²) >= 11 is 1.35. The molecule has 5 heteroatoms. The Balaban J connectivity index is 2.80. The van der Waals surface area contributed by atoms with Gasteiger partial charge in [-0.25, -0.2) is 9.78 Å². The van der Waals surface area contributed by atoms with E-state index in [1.807, 2.05) is 14.0 Å². The monoisotopic (exact) mass is 200 g/mol. The zero-order chi connectivity index (χ0) is 9.84. The fraction of sp³-hybridized carbons (Fsp3) is 0.500. The second-order valence-corrected chi connectivity index (χ2v) is 3.63. The maximum absolute atomic E-state index is 11.1. The van der Waals surface area contributed by atoms with Gasteiger partial charge in [0.1, 0.15) is 9.88 Å². The Morgan fingerprint density at radius 1 is 1.77 bits per heavy atom. The number of thiazole rings is 1. The molecule has 13 heavy (non-hydrogen) atoms. The summed E-state index contributed by atoms with van der Waals surface area (Å²) in [5, 5.41) is 3.94. The maximum atomic E-state index is 11.1. The van der Waals surface area contributed by atoms with Crippen LogP contribution in [0.5, 0.6) is 0 Å². The van der Waals surface area contributed by atoms with Gasteiger partial charge in [-0.3, -0.25) is 0 Å². The largest absolute Gasteiger partial charge is 0.465 e. The van der Waals surface area contributed by atoms with Crippen molar-refractivity contribution < 1.29 is 9.53 Å². The van der Waals surface area contributed by atoms with E-state index in [1.54, 1.807) is 6.20 Å². The third-order valence-corrected chi connectivity index (χ3v) is 2.87. The van der Waals surface area contributed by atoms with Crippen LogP contribution >= 0.6 is 11.3 Å². The third kappa shape index (κ3) is 2.26. The summed E-state index contributed by atoms with van der Waals surface area (Å²) < 4.78 is 4.57. The number of aromatic nitrogens is 1. The van der Waals surface area contributed by atoms with Crippen molar-refractivity contribution in [1.82, 2.24) is 10.3 Å². The van der Waals surface area contributed by atoms with Gasteiger partial charge in [-0.1, -0.05) is 0 Å². The number of nitrogens with one attached hydrogen (secondary N) is 1. The third-order valence-electron chi connectivity index (χ3n) is 1.71. The highest BCUT2D eigenvalue weighted by molar-refractivity contribution is 7.13. The normalized spacial score (nSPS) is 12.5. The van der Waals surface area contributed by atoms with E-state index in [1.165, 1.54) is 18.4 Å². The van der Waals surface area contributed by atoms with Gasteiger partial charge >= 0.3 is 5.97 Å². The highest BCUT2D eigenvalue weighted by atomic mass is 32.1. The molecule has 1 aromatic heterocycles. The second-order valence-electron chi connectivity index (χ2n) is 2.56. The van der Waals surface area contributed by atoms with E-state index < -0.39 is 0 Å². The maximum Gasteiger partial charge on any atom is 0.349 e. The van der Waals surface area contributed by atoms with Crippen LogP contribution in [-0.2, 0) is 4.74 Å².